The zero-order valence-corrected chi connectivity index (χ0v) is 12.9. The number of carbonyl (C=O) groups is 1. The molecule has 1 atom stereocenters. The van der Waals surface area contributed by atoms with Gasteiger partial charge in [0.15, 0.2) is 0 Å². The molecule has 0 spiro atoms. The van der Waals surface area contributed by atoms with Crippen molar-refractivity contribution in [2.45, 2.75) is 12.5 Å². The topological polar surface area (TPSA) is 71.2 Å². The Bertz CT molecular complexity index is 978. The summed E-state index contributed by atoms with van der Waals surface area (Å²) in [5, 5.41) is 4.32. The molecular formula is C19H16N2O3. The number of benzene rings is 2. The minimum Gasteiger partial charge on any atom is -0.493 e. The molecule has 3 aromatic rings. The highest BCUT2D eigenvalue weighted by Gasteiger charge is 2.23. The third-order valence-corrected chi connectivity index (χ3v) is 4.26. The number of rotatable bonds is 2. The average molecular weight is 320 g/mol. The summed E-state index contributed by atoms with van der Waals surface area (Å²) in [4.78, 5) is 27.4. The third-order valence-electron chi connectivity index (χ3n) is 4.26. The maximum absolute atomic E-state index is 12.6. The van der Waals surface area contributed by atoms with E-state index in [0.717, 1.165) is 16.7 Å². The number of fused-ring (bicyclic) bond motifs is 2. The number of carbonyl (C=O) groups excluding carboxylic acids is 1. The molecule has 24 heavy (non-hydrogen) atoms. The highest BCUT2D eigenvalue weighted by Crippen LogP contribution is 2.31. The highest BCUT2D eigenvalue weighted by atomic mass is 16.5. The van der Waals surface area contributed by atoms with Crippen LogP contribution in [0, 0.1) is 0 Å². The molecule has 4 rings (SSSR count). The first-order chi connectivity index (χ1) is 11.7. The monoisotopic (exact) mass is 320 g/mol. The Morgan fingerprint density at radius 3 is 2.83 bits per heavy atom. The molecule has 0 aliphatic carbocycles. The van der Waals surface area contributed by atoms with E-state index in [1.54, 1.807) is 18.2 Å². The first kappa shape index (κ1) is 14.5. The number of para-hydroxylation sites is 1. The molecule has 0 bridgehead atoms. The van der Waals surface area contributed by atoms with Gasteiger partial charge in [-0.2, -0.15) is 0 Å². The van der Waals surface area contributed by atoms with Crippen molar-refractivity contribution < 1.29 is 9.53 Å². The minimum absolute atomic E-state index is 0.127. The lowest BCUT2D eigenvalue weighted by molar-refractivity contribution is 0.0919. The quantitative estimate of drug-likeness (QED) is 0.763. The summed E-state index contributed by atoms with van der Waals surface area (Å²) in [7, 11) is 0. The smallest absolute Gasteiger partial charge is 0.268 e. The molecule has 1 aliphatic heterocycles. The second kappa shape index (κ2) is 5.85. The first-order valence-corrected chi connectivity index (χ1v) is 7.87. The summed E-state index contributed by atoms with van der Waals surface area (Å²) in [6.45, 7) is 0.552. The number of aromatic amines is 1. The predicted molar refractivity (Wildman–Crippen MR) is 91.3 cm³/mol. The van der Waals surface area contributed by atoms with Crippen molar-refractivity contribution in [2.24, 2.45) is 0 Å². The molecule has 5 heteroatoms. The van der Waals surface area contributed by atoms with Gasteiger partial charge in [0, 0.05) is 17.4 Å². The molecule has 0 saturated heterocycles. The maximum atomic E-state index is 12.6. The van der Waals surface area contributed by atoms with Crippen LogP contribution in [-0.4, -0.2) is 17.5 Å². The van der Waals surface area contributed by atoms with Crippen LogP contribution in [0.3, 0.4) is 0 Å². The van der Waals surface area contributed by atoms with Crippen LogP contribution in [0.25, 0.3) is 10.8 Å². The van der Waals surface area contributed by atoms with Crippen molar-refractivity contribution in [1.29, 1.82) is 0 Å². The van der Waals surface area contributed by atoms with Crippen LogP contribution >= 0.6 is 0 Å². The number of hydrogen-bond acceptors (Lipinski definition) is 3. The Morgan fingerprint density at radius 1 is 1.12 bits per heavy atom. The lowest BCUT2D eigenvalue weighted by Gasteiger charge is -2.26. The third kappa shape index (κ3) is 2.54. The molecular weight excluding hydrogens is 304 g/mol. The maximum Gasteiger partial charge on any atom is 0.268 e. The largest absolute Gasteiger partial charge is 0.493 e. The fraction of sp³-hybridized carbons (Fsp3) is 0.158. The van der Waals surface area contributed by atoms with Crippen LogP contribution in [0.1, 0.15) is 28.5 Å². The van der Waals surface area contributed by atoms with Crippen LogP contribution in [-0.2, 0) is 0 Å². The Kier molecular flexibility index (Phi) is 3.54. The summed E-state index contributed by atoms with van der Waals surface area (Å²) < 4.78 is 5.61. The Balaban J connectivity index is 1.65. The Hall–Kier alpha value is -3.08. The average Bonchev–Trinajstić information content (AvgIpc) is 2.62. The van der Waals surface area contributed by atoms with Crippen LogP contribution in [0.5, 0.6) is 5.75 Å². The summed E-state index contributed by atoms with van der Waals surface area (Å²) in [6.07, 6.45) is 0.695. The Labute approximate surface area is 138 Å². The summed E-state index contributed by atoms with van der Waals surface area (Å²) in [5.41, 5.74) is 0.966. The van der Waals surface area contributed by atoms with Crippen LogP contribution in [0.2, 0.25) is 0 Å². The summed E-state index contributed by atoms with van der Waals surface area (Å²) >= 11 is 0. The molecule has 5 nitrogen and oxygen atoms in total. The van der Waals surface area contributed by atoms with Crippen molar-refractivity contribution in [3.63, 3.8) is 0 Å². The van der Waals surface area contributed by atoms with Gasteiger partial charge >= 0.3 is 0 Å². The van der Waals surface area contributed by atoms with E-state index in [1.165, 1.54) is 0 Å². The van der Waals surface area contributed by atoms with Crippen molar-refractivity contribution in [3.05, 3.63) is 76.2 Å². The Morgan fingerprint density at radius 2 is 1.92 bits per heavy atom. The molecule has 0 fully saturated rings. The number of pyridine rings is 1. The molecule has 2 heterocycles. The first-order valence-electron chi connectivity index (χ1n) is 7.87. The molecule has 1 unspecified atom stereocenters. The van der Waals surface area contributed by atoms with Gasteiger partial charge in [0.1, 0.15) is 11.4 Å². The van der Waals surface area contributed by atoms with Gasteiger partial charge < -0.3 is 15.0 Å². The second-order valence-electron chi connectivity index (χ2n) is 5.80. The molecule has 1 amide bonds. The van der Waals surface area contributed by atoms with Gasteiger partial charge in [-0.1, -0.05) is 36.4 Å². The van der Waals surface area contributed by atoms with Gasteiger partial charge in [0.25, 0.3) is 11.5 Å². The number of H-pyrrole nitrogens is 1. The lowest BCUT2D eigenvalue weighted by Crippen LogP contribution is -2.33. The highest BCUT2D eigenvalue weighted by molar-refractivity contribution is 5.96. The number of aromatic nitrogens is 1. The molecule has 2 N–H and O–H groups in total. The van der Waals surface area contributed by atoms with Crippen LogP contribution in [0.4, 0.5) is 0 Å². The SMILES string of the molecule is O=C(NC1CCOc2ccccc21)c1cc2ccccc2c(=O)[nH]1. The van der Waals surface area contributed by atoms with Gasteiger partial charge in [0.05, 0.1) is 12.6 Å². The van der Waals surface area contributed by atoms with E-state index < -0.39 is 0 Å². The normalized spacial score (nSPS) is 16.2. The van der Waals surface area contributed by atoms with E-state index in [4.69, 9.17) is 4.74 Å². The van der Waals surface area contributed by atoms with Crippen LogP contribution < -0.4 is 15.6 Å². The van der Waals surface area contributed by atoms with E-state index in [2.05, 4.69) is 10.3 Å². The van der Waals surface area contributed by atoms with E-state index in [0.29, 0.717) is 18.4 Å². The van der Waals surface area contributed by atoms with Gasteiger partial charge in [0.2, 0.25) is 0 Å². The number of nitrogens with one attached hydrogen (secondary N) is 2. The number of ether oxygens (including phenoxy) is 1. The summed E-state index contributed by atoms with van der Waals surface area (Å²) in [5.74, 6) is 0.501. The molecule has 0 saturated carbocycles. The van der Waals surface area contributed by atoms with Crippen molar-refractivity contribution in [1.82, 2.24) is 10.3 Å². The van der Waals surface area contributed by atoms with E-state index in [9.17, 15) is 9.59 Å². The van der Waals surface area contributed by atoms with Gasteiger partial charge in [-0.3, -0.25) is 9.59 Å². The molecule has 2 aromatic carbocycles. The molecule has 0 radical (unpaired) electrons. The molecule has 1 aromatic heterocycles. The zero-order chi connectivity index (χ0) is 16.5. The molecule has 1 aliphatic rings. The number of amides is 1. The standard InChI is InChI=1S/C19H16N2O3/c22-18-13-6-2-1-5-12(13)11-16(21-18)19(23)20-15-9-10-24-17-8-4-3-7-14(15)17/h1-8,11,15H,9-10H2,(H,20,23)(H,21,22). The van der Waals surface area contributed by atoms with Gasteiger partial charge in [-0.25, -0.2) is 0 Å². The number of hydrogen-bond donors (Lipinski definition) is 2. The van der Waals surface area contributed by atoms with Crippen molar-refractivity contribution in [3.8, 4) is 5.75 Å². The lowest BCUT2D eigenvalue weighted by atomic mass is 10.0. The fourth-order valence-electron chi connectivity index (χ4n) is 3.06. The van der Waals surface area contributed by atoms with Crippen molar-refractivity contribution >= 4 is 16.7 Å². The van der Waals surface area contributed by atoms with Crippen LogP contribution in [0.15, 0.2) is 59.4 Å². The summed E-state index contributed by atoms with van der Waals surface area (Å²) in [6, 6.07) is 16.5. The second-order valence-corrected chi connectivity index (χ2v) is 5.80. The minimum atomic E-state index is -0.292. The van der Waals surface area contributed by atoms with E-state index in [-0.39, 0.29) is 23.2 Å². The predicted octanol–water partition coefficient (Wildman–Crippen LogP) is 2.78. The molecule has 120 valence electrons. The van der Waals surface area contributed by atoms with Gasteiger partial charge in [-0.05, 0) is 23.6 Å². The van der Waals surface area contributed by atoms with Crippen molar-refractivity contribution in [2.75, 3.05) is 6.61 Å². The fourth-order valence-corrected chi connectivity index (χ4v) is 3.06. The van der Waals surface area contributed by atoms with Gasteiger partial charge in [-0.15, -0.1) is 0 Å². The zero-order valence-electron chi connectivity index (χ0n) is 12.9. The van der Waals surface area contributed by atoms with E-state index in [1.807, 2.05) is 36.4 Å². The van der Waals surface area contributed by atoms with E-state index >= 15 is 0 Å².